The molecule has 9 nitrogen and oxygen atoms in total. The van der Waals surface area contributed by atoms with E-state index in [2.05, 4.69) is 10.3 Å². The normalized spacial score (nSPS) is 27.1. The second-order valence-electron chi connectivity index (χ2n) is 5.17. The summed E-state index contributed by atoms with van der Waals surface area (Å²) in [7, 11) is 3.10. The average molecular weight is 345 g/mol. The van der Waals surface area contributed by atoms with Crippen molar-refractivity contribution in [1.82, 2.24) is 14.9 Å². The lowest BCUT2D eigenvalue weighted by molar-refractivity contribution is -0.130. The first-order valence-corrected chi connectivity index (χ1v) is 7.36. The molecule has 0 spiro atoms. The summed E-state index contributed by atoms with van der Waals surface area (Å²) in [6.07, 6.45) is -2.52. The highest BCUT2D eigenvalue weighted by Crippen LogP contribution is 2.34. The van der Waals surface area contributed by atoms with Gasteiger partial charge in [0.05, 0.1) is 12.2 Å². The van der Waals surface area contributed by atoms with Crippen LogP contribution in [0.1, 0.15) is 11.7 Å². The standard InChI is InChI=1S/C13H19N3O6S/c1-14-8(18)5-21-11-9(19)7(4-17)22-10(11)6-3-16(2)13(23)15-12(6)20/h3,7,9-11,17,19H,4-5H2,1-2H3,(H,14,18)(H,15,20,23)/t7-,9?,10+,11?/m1/s1. The molecule has 1 saturated heterocycles. The molecule has 1 amide bonds. The molecule has 0 radical (unpaired) electrons. The maximum atomic E-state index is 12.1. The molecule has 1 aromatic rings. The molecule has 2 unspecified atom stereocenters. The minimum Gasteiger partial charge on any atom is -0.394 e. The Bertz CT molecular complexity index is 687. The lowest BCUT2D eigenvalue weighted by Crippen LogP contribution is -2.38. The molecule has 128 valence electrons. The van der Waals surface area contributed by atoms with Crippen molar-refractivity contribution < 1.29 is 24.5 Å². The summed E-state index contributed by atoms with van der Waals surface area (Å²) in [5.41, 5.74) is -0.282. The number of aromatic amines is 1. The summed E-state index contributed by atoms with van der Waals surface area (Å²) < 4.78 is 12.7. The van der Waals surface area contributed by atoms with Crippen molar-refractivity contribution in [3.8, 4) is 0 Å². The SMILES string of the molecule is CNC(=O)COC1C(O)[C@@H](CO)O[C@H]1c1cn(C)c(=S)[nH]c1=O. The number of carbonyl (C=O) groups excluding carboxylic acids is 1. The van der Waals surface area contributed by atoms with Crippen LogP contribution in [0.4, 0.5) is 0 Å². The second kappa shape index (κ2) is 7.32. The Balaban J connectivity index is 2.33. The van der Waals surface area contributed by atoms with Gasteiger partial charge >= 0.3 is 0 Å². The van der Waals surface area contributed by atoms with Gasteiger partial charge in [-0.25, -0.2) is 0 Å². The summed E-state index contributed by atoms with van der Waals surface area (Å²) in [6.45, 7) is -0.750. The van der Waals surface area contributed by atoms with Crippen LogP contribution >= 0.6 is 12.2 Å². The van der Waals surface area contributed by atoms with Crippen LogP contribution in [0.25, 0.3) is 0 Å². The van der Waals surface area contributed by atoms with Crippen LogP contribution in [-0.2, 0) is 21.3 Å². The maximum absolute atomic E-state index is 12.1. The zero-order valence-electron chi connectivity index (χ0n) is 12.7. The largest absolute Gasteiger partial charge is 0.394 e. The van der Waals surface area contributed by atoms with Crippen molar-refractivity contribution in [1.29, 1.82) is 0 Å². The van der Waals surface area contributed by atoms with Gasteiger partial charge in [0.1, 0.15) is 31.0 Å². The van der Waals surface area contributed by atoms with Crippen molar-refractivity contribution in [2.75, 3.05) is 20.3 Å². The van der Waals surface area contributed by atoms with Crippen molar-refractivity contribution in [2.24, 2.45) is 7.05 Å². The number of likely N-dealkylation sites (N-methyl/N-ethyl adjacent to an activating group) is 1. The average Bonchev–Trinajstić information content (AvgIpc) is 2.84. The Kier molecular flexibility index (Phi) is 5.65. The number of aliphatic hydroxyl groups is 2. The number of aryl methyl sites for hydroxylation is 1. The number of nitrogens with one attached hydrogen (secondary N) is 2. The van der Waals surface area contributed by atoms with Gasteiger partial charge in [0.25, 0.3) is 5.56 Å². The van der Waals surface area contributed by atoms with Gasteiger partial charge in [0.15, 0.2) is 4.77 Å². The molecule has 2 rings (SSSR count). The van der Waals surface area contributed by atoms with Gasteiger partial charge in [-0.1, -0.05) is 0 Å². The monoisotopic (exact) mass is 345 g/mol. The Morgan fingerprint density at radius 3 is 2.91 bits per heavy atom. The van der Waals surface area contributed by atoms with Gasteiger partial charge in [0, 0.05) is 20.3 Å². The number of aliphatic hydroxyl groups excluding tert-OH is 2. The molecule has 1 aliphatic heterocycles. The smallest absolute Gasteiger partial charge is 0.257 e. The Labute approximate surface area is 136 Å². The van der Waals surface area contributed by atoms with Crippen LogP contribution in [-0.4, -0.2) is 64.2 Å². The van der Waals surface area contributed by atoms with E-state index in [4.69, 9.17) is 21.7 Å². The number of hydrogen-bond donors (Lipinski definition) is 4. The summed E-state index contributed by atoms with van der Waals surface area (Å²) in [6, 6.07) is 0. The van der Waals surface area contributed by atoms with Crippen molar-refractivity contribution in [2.45, 2.75) is 24.4 Å². The Morgan fingerprint density at radius 1 is 1.61 bits per heavy atom. The predicted octanol–water partition coefficient (Wildman–Crippen LogP) is -1.63. The lowest BCUT2D eigenvalue weighted by Gasteiger charge is -2.20. The highest BCUT2D eigenvalue weighted by Gasteiger charge is 2.46. The zero-order valence-corrected chi connectivity index (χ0v) is 13.5. The molecule has 10 heteroatoms. The van der Waals surface area contributed by atoms with Gasteiger partial charge in [-0.2, -0.15) is 0 Å². The number of H-pyrrole nitrogens is 1. The number of rotatable bonds is 5. The molecule has 1 aromatic heterocycles. The van der Waals surface area contributed by atoms with Crippen LogP contribution < -0.4 is 10.9 Å². The van der Waals surface area contributed by atoms with E-state index in [1.165, 1.54) is 17.8 Å². The van der Waals surface area contributed by atoms with E-state index < -0.39 is 36.6 Å². The third-order valence-corrected chi connectivity index (χ3v) is 4.04. The van der Waals surface area contributed by atoms with Gasteiger partial charge in [-0.05, 0) is 12.2 Å². The number of ether oxygens (including phenoxy) is 2. The molecule has 0 saturated carbocycles. The number of hydrogen-bond acceptors (Lipinski definition) is 7. The van der Waals surface area contributed by atoms with Gasteiger partial charge in [-0.15, -0.1) is 0 Å². The fourth-order valence-electron chi connectivity index (χ4n) is 2.35. The van der Waals surface area contributed by atoms with E-state index in [-0.39, 0.29) is 22.8 Å². The van der Waals surface area contributed by atoms with Gasteiger partial charge in [0.2, 0.25) is 5.91 Å². The first-order valence-electron chi connectivity index (χ1n) is 6.95. The van der Waals surface area contributed by atoms with E-state index in [1.54, 1.807) is 7.05 Å². The number of nitrogens with zero attached hydrogens (tertiary/aromatic N) is 1. The summed E-state index contributed by atoms with van der Waals surface area (Å²) >= 11 is 4.97. The van der Waals surface area contributed by atoms with E-state index >= 15 is 0 Å². The molecule has 23 heavy (non-hydrogen) atoms. The van der Waals surface area contributed by atoms with Crippen LogP contribution in [0, 0.1) is 4.77 Å². The summed E-state index contributed by atoms with van der Waals surface area (Å²) in [5, 5.41) is 21.9. The van der Waals surface area contributed by atoms with Crippen LogP contribution in [0.5, 0.6) is 0 Å². The molecule has 1 aliphatic rings. The number of amides is 1. The molecule has 4 atom stereocenters. The van der Waals surface area contributed by atoms with Gasteiger partial charge < -0.3 is 29.6 Å². The summed E-state index contributed by atoms with van der Waals surface area (Å²) in [4.78, 5) is 26.0. The Hall–Kier alpha value is -1.59. The van der Waals surface area contributed by atoms with Crippen molar-refractivity contribution in [3.05, 3.63) is 26.9 Å². The van der Waals surface area contributed by atoms with Gasteiger partial charge in [-0.3, -0.25) is 14.6 Å². The topological polar surface area (TPSA) is 126 Å². The Morgan fingerprint density at radius 2 is 2.30 bits per heavy atom. The highest BCUT2D eigenvalue weighted by molar-refractivity contribution is 7.71. The first kappa shape index (κ1) is 17.8. The fourth-order valence-corrected chi connectivity index (χ4v) is 2.50. The van der Waals surface area contributed by atoms with E-state index in [0.717, 1.165) is 0 Å². The number of carbonyl (C=O) groups is 1. The molecule has 0 aromatic carbocycles. The van der Waals surface area contributed by atoms with Crippen molar-refractivity contribution >= 4 is 18.1 Å². The second-order valence-corrected chi connectivity index (χ2v) is 5.56. The molecular weight excluding hydrogens is 326 g/mol. The van der Waals surface area contributed by atoms with E-state index in [9.17, 15) is 19.8 Å². The quantitative estimate of drug-likeness (QED) is 0.472. The van der Waals surface area contributed by atoms with Crippen LogP contribution in [0.15, 0.2) is 11.0 Å². The van der Waals surface area contributed by atoms with E-state index in [1.807, 2.05) is 0 Å². The third-order valence-electron chi connectivity index (χ3n) is 3.65. The fraction of sp³-hybridized carbons (Fsp3) is 0.615. The minimum atomic E-state index is -1.18. The molecule has 2 heterocycles. The molecule has 0 bridgehead atoms. The van der Waals surface area contributed by atoms with Crippen LogP contribution in [0.3, 0.4) is 0 Å². The molecule has 1 fully saturated rings. The highest BCUT2D eigenvalue weighted by atomic mass is 32.1. The summed E-state index contributed by atoms with van der Waals surface area (Å²) in [5.74, 6) is -0.385. The maximum Gasteiger partial charge on any atom is 0.257 e. The molecular formula is C13H19N3O6S. The molecule has 0 aliphatic carbocycles. The minimum absolute atomic E-state index is 0.193. The van der Waals surface area contributed by atoms with E-state index in [0.29, 0.717) is 0 Å². The molecule has 4 N–H and O–H groups in total. The lowest BCUT2D eigenvalue weighted by atomic mass is 10.0. The first-order chi connectivity index (χ1) is 10.9. The zero-order chi connectivity index (χ0) is 17.1. The van der Waals surface area contributed by atoms with Crippen molar-refractivity contribution in [3.63, 3.8) is 0 Å². The third kappa shape index (κ3) is 3.67. The number of aromatic nitrogens is 2. The van der Waals surface area contributed by atoms with Crippen LogP contribution in [0.2, 0.25) is 0 Å². The predicted molar refractivity (Wildman–Crippen MR) is 81.4 cm³/mol.